The fraction of sp³-hybridized carbons (Fsp3) is 0.667. The average molecular weight is 331 g/mol. The molecular formula is C21H34N2O. The second-order valence-corrected chi connectivity index (χ2v) is 7.69. The van der Waals surface area contributed by atoms with Crippen molar-refractivity contribution in [2.75, 3.05) is 25.0 Å². The fourth-order valence-electron chi connectivity index (χ4n) is 3.87. The van der Waals surface area contributed by atoms with Crippen LogP contribution in [0.5, 0.6) is 0 Å². The number of unbranched alkanes of at least 4 members (excludes halogenated alkanes) is 3. The molecule has 134 valence electrons. The molecule has 1 aromatic rings. The van der Waals surface area contributed by atoms with Gasteiger partial charge in [-0.2, -0.15) is 0 Å². The molecule has 2 atom stereocenters. The second kappa shape index (κ2) is 8.66. The molecule has 0 bridgehead atoms. The summed E-state index contributed by atoms with van der Waals surface area (Å²) in [4.78, 5) is 14.0. The standard InChI is InChI=1S/C21H34N2O/c1-5-6-7-8-13-23-14-12-21(4,17(2)16-23)19-10-9-11-20(15-19)22-18(3)24/h9-11,15,17H,5-8,12-14,16H2,1-4H3,(H,22,24)/t17-,21-/m0/s1. The first-order valence-corrected chi connectivity index (χ1v) is 9.56. The highest BCUT2D eigenvalue weighted by atomic mass is 16.1. The maximum Gasteiger partial charge on any atom is 0.221 e. The lowest BCUT2D eigenvalue weighted by Gasteiger charge is -2.45. The number of hydrogen-bond donors (Lipinski definition) is 1. The van der Waals surface area contributed by atoms with Gasteiger partial charge in [-0.15, -0.1) is 0 Å². The molecule has 1 aliphatic rings. The Labute approximate surface area is 147 Å². The van der Waals surface area contributed by atoms with Gasteiger partial charge in [0.1, 0.15) is 0 Å². The monoisotopic (exact) mass is 330 g/mol. The molecule has 1 amide bonds. The lowest BCUT2D eigenvalue weighted by atomic mass is 9.68. The van der Waals surface area contributed by atoms with Crippen molar-refractivity contribution in [2.45, 2.75) is 65.2 Å². The summed E-state index contributed by atoms with van der Waals surface area (Å²) in [7, 11) is 0. The smallest absolute Gasteiger partial charge is 0.221 e. The highest BCUT2D eigenvalue weighted by Gasteiger charge is 2.37. The highest BCUT2D eigenvalue weighted by molar-refractivity contribution is 5.88. The number of likely N-dealkylation sites (tertiary alicyclic amines) is 1. The summed E-state index contributed by atoms with van der Waals surface area (Å²) in [5.74, 6) is 0.609. The first-order chi connectivity index (χ1) is 11.5. The predicted octanol–water partition coefficient (Wildman–Crippen LogP) is 4.82. The van der Waals surface area contributed by atoms with Crippen LogP contribution in [0.25, 0.3) is 0 Å². The van der Waals surface area contributed by atoms with Crippen molar-refractivity contribution in [1.29, 1.82) is 0 Å². The van der Waals surface area contributed by atoms with Crippen LogP contribution < -0.4 is 5.32 Å². The zero-order valence-corrected chi connectivity index (χ0v) is 15.9. The second-order valence-electron chi connectivity index (χ2n) is 7.69. The molecule has 24 heavy (non-hydrogen) atoms. The van der Waals surface area contributed by atoms with Crippen LogP contribution in [0.2, 0.25) is 0 Å². The maximum atomic E-state index is 11.3. The van der Waals surface area contributed by atoms with Crippen molar-refractivity contribution in [3.63, 3.8) is 0 Å². The van der Waals surface area contributed by atoms with Gasteiger partial charge in [0, 0.05) is 19.2 Å². The van der Waals surface area contributed by atoms with E-state index in [0.717, 1.165) is 5.69 Å². The summed E-state index contributed by atoms with van der Waals surface area (Å²) in [5, 5.41) is 2.92. The highest BCUT2D eigenvalue weighted by Crippen LogP contribution is 2.40. The van der Waals surface area contributed by atoms with E-state index in [2.05, 4.69) is 49.2 Å². The van der Waals surface area contributed by atoms with Crippen LogP contribution >= 0.6 is 0 Å². The molecule has 0 spiro atoms. The van der Waals surface area contributed by atoms with E-state index in [1.54, 1.807) is 6.92 Å². The van der Waals surface area contributed by atoms with Gasteiger partial charge in [-0.1, -0.05) is 52.2 Å². The topological polar surface area (TPSA) is 32.3 Å². The molecular weight excluding hydrogens is 296 g/mol. The van der Waals surface area contributed by atoms with Crippen LogP contribution in [0.15, 0.2) is 24.3 Å². The van der Waals surface area contributed by atoms with Crippen molar-refractivity contribution in [1.82, 2.24) is 4.90 Å². The molecule has 0 aliphatic carbocycles. The van der Waals surface area contributed by atoms with E-state index in [-0.39, 0.29) is 11.3 Å². The van der Waals surface area contributed by atoms with Crippen molar-refractivity contribution >= 4 is 11.6 Å². The summed E-state index contributed by atoms with van der Waals surface area (Å²) < 4.78 is 0. The number of rotatable bonds is 7. The molecule has 1 aliphatic heterocycles. The fourth-order valence-corrected chi connectivity index (χ4v) is 3.87. The minimum absolute atomic E-state index is 0.00718. The van der Waals surface area contributed by atoms with E-state index in [1.807, 2.05) is 6.07 Å². The van der Waals surface area contributed by atoms with Gasteiger partial charge in [-0.25, -0.2) is 0 Å². The Bertz CT molecular complexity index is 542. The van der Waals surface area contributed by atoms with Crippen LogP contribution in [0.4, 0.5) is 5.69 Å². The Morgan fingerprint density at radius 2 is 2.12 bits per heavy atom. The normalized spacial score (nSPS) is 24.8. The molecule has 0 radical (unpaired) electrons. The first-order valence-electron chi connectivity index (χ1n) is 9.56. The van der Waals surface area contributed by atoms with Crippen LogP contribution in [0, 0.1) is 5.92 Å². The van der Waals surface area contributed by atoms with Crippen LogP contribution in [-0.2, 0) is 10.2 Å². The van der Waals surface area contributed by atoms with Crippen LogP contribution in [0.3, 0.4) is 0 Å². The van der Waals surface area contributed by atoms with Crippen LogP contribution in [0.1, 0.15) is 65.4 Å². The number of nitrogens with zero attached hydrogens (tertiary/aromatic N) is 1. The first kappa shape index (κ1) is 19.0. The maximum absolute atomic E-state index is 11.3. The third-order valence-electron chi connectivity index (χ3n) is 5.74. The van der Waals surface area contributed by atoms with Gasteiger partial charge in [-0.05, 0) is 55.0 Å². The summed E-state index contributed by atoms with van der Waals surface area (Å²) in [6.45, 7) is 12.2. The van der Waals surface area contributed by atoms with E-state index < -0.39 is 0 Å². The van der Waals surface area contributed by atoms with Crippen molar-refractivity contribution in [3.05, 3.63) is 29.8 Å². The molecule has 0 unspecified atom stereocenters. The molecule has 1 saturated heterocycles. The number of piperidine rings is 1. The van der Waals surface area contributed by atoms with E-state index in [0.29, 0.717) is 5.92 Å². The van der Waals surface area contributed by atoms with E-state index in [9.17, 15) is 4.79 Å². The minimum atomic E-state index is -0.00718. The molecule has 1 N–H and O–H groups in total. The largest absolute Gasteiger partial charge is 0.326 e. The Kier molecular flexibility index (Phi) is 6.85. The van der Waals surface area contributed by atoms with Crippen molar-refractivity contribution in [3.8, 4) is 0 Å². The zero-order valence-electron chi connectivity index (χ0n) is 15.9. The summed E-state index contributed by atoms with van der Waals surface area (Å²) in [5.41, 5.74) is 2.45. The van der Waals surface area contributed by atoms with E-state index in [1.165, 1.54) is 57.3 Å². The quantitative estimate of drug-likeness (QED) is 0.727. The molecule has 3 heteroatoms. The van der Waals surface area contributed by atoms with Crippen LogP contribution in [-0.4, -0.2) is 30.4 Å². The molecule has 0 aromatic heterocycles. The van der Waals surface area contributed by atoms with Gasteiger partial charge < -0.3 is 10.2 Å². The van der Waals surface area contributed by atoms with Gasteiger partial charge in [0.25, 0.3) is 0 Å². The third kappa shape index (κ3) is 4.83. The van der Waals surface area contributed by atoms with E-state index >= 15 is 0 Å². The summed E-state index contributed by atoms with van der Waals surface area (Å²) in [6, 6.07) is 8.42. The Morgan fingerprint density at radius 1 is 1.33 bits per heavy atom. The number of carbonyl (C=O) groups is 1. The molecule has 1 aromatic carbocycles. The van der Waals surface area contributed by atoms with E-state index in [4.69, 9.17) is 0 Å². The Hall–Kier alpha value is -1.35. The van der Waals surface area contributed by atoms with Crippen molar-refractivity contribution < 1.29 is 4.79 Å². The number of anilines is 1. The molecule has 1 fully saturated rings. The number of hydrogen-bond acceptors (Lipinski definition) is 2. The van der Waals surface area contributed by atoms with Gasteiger partial charge in [0.05, 0.1) is 0 Å². The van der Waals surface area contributed by atoms with Gasteiger partial charge >= 0.3 is 0 Å². The molecule has 2 rings (SSSR count). The SMILES string of the molecule is CCCCCCN1CC[C@](C)(c2cccc(NC(C)=O)c2)[C@@H](C)C1. The zero-order chi connectivity index (χ0) is 17.6. The molecule has 3 nitrogen and oxygen atoms in total. The van der Waals surface area contributed by atoms with Gasteiger partial charge in [-0.3, -0.25) is 4.79 Å². The van der Waals surface area contributed by atoms with Gasteiger partial charge in [0.2, 0.25) is 5.91 Å². The number of nitrogens with one attached hydrogen (secondary N) is 1. The molecule has 0 saturated carbocycles. The Morgan fingerprint density at radius 3 is 2.79 bits per heavy atom. The lowest BCUT2D eigenvalue weighted by Crippen LogP contribution is -2.47. The average Bonchev–Trinajstić information content (AvgIpc) is 2.54. The van der Waals surface area contributed by atoms with Crippen molar-refractivity contribution in [2.24, 2.45) is 5.92 Å². The van der Waals surface area contributed by atoms with Gasteiger partial charge in [0.15, 0.2) is 0 Å². The summed E-state index contributed by atoms with van der Waals surface area (Å²) >= 11 is 0. The number of carbonyl (C=O) groups excluding carboxylic acids is 1. The Balaban J connectivity index is 1.99. The lowest BCUT2D eigenvalue weighted by molar-refractivity contribution is -0.114. The number of benzene rings is 1. The predicted molar refractivity (Wildman–Crippen MR) is 102 cm³/mol. The summed E-state index contributed by atoms with van der Waals surface area (Å²) in [6.07, 6.45) is 6.54. The third-order valence-corrected chi connectivity index (χ3v) is 5.74. The number of amides is 1. The molecule has 1 heterocycles. The minimum Gasteiger partial charge on any atom is -0.326 e.